The lowest BCUT2D eigenvalue weighted by Crippen LogP contribution is -2.54. The van der Waals surface area contributed by atoms with Gasteiger partial charge in [0.25, 0.3) is 5.91 Å². The maximum atomic E-state index is 13.3. The van der Waals surface area contributed by atoms with Crippen molar-refractivity contribution < 1.29 is 14.0 Å². The number of hydrogen-bond acceptors (Lipinski definition) is 6. The van der Waals surface area contributed by atoms with Gasteiger partial charge in [-0.2, -0.15) is 0 Å². The molecule has 9 heteroatoms. The Kier molecular flexibility index (Phi) is 6.03. The lowest BCUT2D eigenvalue weighted by molar-refractivity contribution is -0.136. The van der Waals surface area contributed by atoms with Crippen molar-refractivity contribution in [1.82, 2.24) is 25.3 Å². The van der Waals surface area contributed by atoms with Crippen LogP contribution in [0.3, 0.4) is 0 Å². The second-order valence-corrected chi connectivity index (χ2v) is 9.21. The molecule has 2 heterocycles. The highest BCUT2D eigenvalue weighted by atomic mass is 35.5. The van der Waals surface area contributed by atoms with E-state index in [0.717, 1.165) is 24.8 Å². The molecule has 1 aliphatic carbocycles. The number of carbonyl (C=O) groups excluding carboxylic acids is 2. The number of amides is 3. The van der Waals surface area contributed by atoms with E-state index in [1.807, 2.05) is 30.9 Å². The van der Waals surface area contributed by atoms with Crippen molar-refractivity contribution in [2.45, 2.75) is 64.6 Å². The fraction of sp³-hybridized carbons (Fsp3) is 0.545. The van der Waals surface area contributed by atoms with Crippen molar-refractivity contribution in [2.75, 3.05) is 6.67 Å². The number of nitrogens with one attached hydrogen (secondary N) is 1. The monoisotopic (exact) mass is 445 g/mol. The van der Waals surface area contributed by atoms with Gasteiger partial charge in [-0.3, -0.25) is 9.69 Å². The van der Waals surface area contributed by atoms with Crippen LogP contribution in [0.4, 0.5) is 4.79 Å². The fourth-order valence-electron chi connectivity index (χ4n) is 4.40. The van der Waals surface area contributed by atoms with E-state index in [4.69, 9.17) is 16.0 Å². The zero-order valence-corrected chi connectivity index (χ0v) is 18.9. The molecule has 2 atom stereocenters. The Morgan fingerprint density at radius 1 is 1.26 bits per heavy atom. The van der Waals surface area contributed by atoms with E-state index in [1.54, 1.807) is 12.1 Å². The number of aromatic nitrogens is 2. The van der Waals surface area contributed by atoms with Gasteiger partial charge in [0.2, 0.25) is 11.8 Å². The number of rotatable bonds is 6. The molecule has 166 valence electrons. The minimum Gasteiger partial charge on any atom is -0.419 e. The molecule has 1 saturated carbocycles. The summed E-state index contributed by atoms with van der Waals surface area (Å²) >= 11 is 5.94. The SMILES string of the molecule is CC(C)N(Cc1nnc(-c2ccc(Cl)cc2)o1)CN1C(=O)N[C@@]2(CCCC[C@@H]2C)C1=O. The normalized spacial score (nSPS) is 23.9. The van der Waals surface area contributed by atoms with Crippen LogP contribution in [0.15, 0.2) is 28.7 Å². The van der Waals surface area contributed by atoms with Crippen LogP contribution in [0.1, 0.15) is 52.3 Å². The Bertz CT molecular complexity index is 960. The Morgan fingerprint density at radius 2 is 2.00 bits per heavy atom. The third-order valence-corrected chi connectivity index (χ3v) is 6.70. The van der Waals surface area contributed by atoms with E-state index in [0.29, 0.717) is 29.8 Å². The number of urea groups is 1. The van der Waals surface area contributed by atoms with E-state index < -0.39 is 5.54 Å². The van der Waals surface area contributed by atoms with E-state index >= 15 is 0 Å². The highest BCUT2D eigenvalue weighted by molar-refractivity contribution is 6.30. The van der Waals surface area contributed by atoms with Gasteiger partial charge in [-0.15, -0.1) is 10.2 Å². The van der Waals surface area contributed by atoms with Crippen LogP contribution in [-0.4, -0.2) is 50.2 Å². The average Bonchev–Trinajstić information content (AvgIpc) is 3.29. The molecule has 2 aliphatic rings. The fourth-order valence-corrected chi connectivity index (χ4v) is 4.53. The van der Waals surface area contributed by atoms with Crippen molar-refractivity contribution in [3.8, 4) is 11.5 Å². The molecule has 2 fully saturated rings. The van der Waals surface area contributed by atoms with Gasteiger partial charge >= 0.3 is 6.03 Å². The summed E-state index contributed by atoms with van der Waals surface area (Å²) in [7, 11) is 0. The van der Waals surface area contributed by atoms with Crippen LogP contribution in [0.5, 0.6) is 0 Å². The Balaban J connectivity index is 1.48. The minimum absolute atomic E-state index is 0.0619. The Hall–Kier alpha value is -2.45. The maximum Gasteiger partial charge on any atom is 0.326 e. The van der Waals surface area contributed by atoms with E-state index in [-0.39, 0.29) is 30.6 Å². The lowest BCUT2D eigenvalue weighted by atomic mass is 9.73. The predicted molar refractivity (Wildman–Crippen MR) is 116 cm³/mol. The van der Waals surface area contributed by atoms with Crippen molar-refractivity contribution in [1.29, 1.82) is 0 Å². The minimum atomic E-state index is -0.760. The summed E-state index contributed by atoms with van der Waals surface area (Å²) in [6.45, 7) is 6.58. The van der Waals surface area contributed by atoms with Crippen LogP contribution in [0.25, 0.3) is 11.5 Å². The summed E-state index contributed by atoms with van der Waals surface area (Å²) in [5, 5.41) is 11.9. The van der Waals surface area contributed by atoms with Crippen LogP contribution in [0, 0.1) is 5.92 Å². The van der Waals surface area contributed by atoms with Crippen LogP contribution in [-0.2, 0) is 11.3 Å². The third kappa shape index (κ3) is 4.19. The summed E-state index contributed by atoms with van der Waals surface area (Å²) in [4.78, 5) is 29.3. The molecule has 1 aromatic carbocycles. The predicted octanol–water partition coefficient (Wildman–Crippen LogP) is 4.06. The standard InChI is InChI=1S/C22H28ClN5O3/c1-14(2)27(12-18-25-26-19(31-18)16-7-9-17(23)10-8-16)13-28-20(29)22(24-21(28)30)11-5-4-6-15(22)3/h7-10,14-15H,4-6,11-13H2,1-3H3,(H,24,30)/t15-,22+/m0/s1. The highest BCUT2D eigenvalue weighted by Gasteiger charge is 2.55. The van der Waals surface area contributed by atoms with Crippen LogP contribution in [0.2, 0.25) is 5.02 Å². The van der Waals surface area contributed by atoms with Gasteiger partial charge in [0.15, 0.2) is 0 Å². The zero-order chi connectivity index (χ0) is 22.2. The Labute approximate surface area is 186 Å². The molecule has 0 radical (unpaired) electrons. The van der Waals surface area contributed by atoms with Gasteiger partial charge in [0.05, 0.1) is 13.2 Å². The highest BCUT2D eigenvalue weighted by Crippen LogP contribution is 2.38. The largest absolute Gasteiger partial charge is 0.419 e. The number of nitrogens with zero attached hydrogens (tertiary/aromatic N) is 4. The quantitative estimate of drug-likeness (QED) is 0.674. The molecule has 8 nitrogen and oxygen atoms in total. The van der Waals surface area contributed by atoms with Crippen LogP contribution < -0.4 is 5.32 Å². The molecule has 1 N–H and O–H groups in total. The van der Waals surface area contributed by atoms with Gasteiger partial charge < -0.3 is 9.73 Å². The van der Waals surface area contributed by atoms with Crippen molar-refractivity contribution >= 4 is 23.5 Å². The van der Waals surface area contributed by atoms with E-state index in [1.165, 1.54) is 4.90 Å². The summed E-state index contributed by atoms with van der Waals surface area (Å²) in [5.41, 5.74) is 0.0195. The molecular weight excluding hydrogens is 418 g/mol. The van der Waals surface area contributed by atoms with Crippen LogP contribution >= 0.6 is 11.6 Å². The lowest BCUT2D eigenvalue weighted by Gasteiger charge is -2.37. The van der Waals surface area contributed by atoms with Gasteiger partial charge in [-0.1, -0.05) is 31.4 Å². The second kappa shape index (κ2) is 8.59. The van der Waals surface area contributed by atoms with E-state index in [9.17, 15) is 9.59 Å². The molecule has 31 heavy (non-hydrogen) atoms. The molecule has 1 spiro atoms. The van der Waals surface area contributed by atoms with Gasteiger partial charge in [0.1, 0.15) is 5.54 Å². The van der Waals surface area contributed by atoms with Gasteiger partial charge in [0, 0.05) is 16.6 Å². The van der Waals surface area contributed by atoms with Gasteiger partial charge in [-0.05, 0) is 56.9 Å². The summed E-state index contributed by atoms with van der Waals surface area (Å²) in [6, 6.07) is 6.90. The Morgan fingerprint density at radius 3 is 2.68 bits per heavy atom. The smallest absolute Gasteiger partial charge is 0.326 e. The van der Waals surface area contributed by atoms with Crippen molar-refractivity contribution in [3.05, 3.63) is 35.2 Å². The molecular formula is C22H28ClN5O3. The van der Waals surface area contributed by atoms with Crippen molar-refractivity contribution in [2.24, 2.45) is 5.92 Å². The number of halogens is 1. The second-order valence-electron chi connectivity index (χ2n) is 8.77. The summed E-state index contributed by atoms with van der Waals surface area (Å²) < 4.78 is 5.82. The van der Waals surface area contributed by atoms with Crippen molar-refractivity contribution in [3.63, 3.8) is 0 Å². The first-order valence-corrected chi connectivity index (χ1v) is 11.1. The molecule has 1 aromatic heterocycles. The average molecular weight is 446 g/mol. The van der Waals surface area contributed by atoms with Gasteiger partial charge in [-0.25, -0.2) is 9.69 Å². The third-order valence-electron chi connectivity index (χ3n) is 6.45. The maximum absolute atomic E-state index is 13.3. The molecule has 3 amide bonds. The topological polar surface area (TPSA) is 91.6 Å². The molecule has 0 bridgehead atoms. The first kappa shape index (κ1) is 21.8. The summed E-state index contributed by atoms with van der Waals surface area (Å²) in [6.07, 6.45) is 3.69. The molecule has 1 aliphatic heterocycles. The number of imide groups is 1. The molecule has 1 saturated heterocycles. The molecule has 4 rings (SSSR count). The molecule has 2 aromatic rings. The summed E-state index contributed by atoms with van der Waals surface area (Å²) in [5.74, 6) is 0.836. The number of benzene rings is 1. The van der Waals surface area contributed by atoms with E-state index in [2.05, 4.69) is 22.4 Å². The first-order valence-electron chi connectivity index (χ1n) is 10.8. The number of carbonyl (C=O) groups is 2. The number of hydrogen-bond donors (Lipinski definition) is 1. The molecule has 0 unspecified atom stereocenters. The first-order chi connectivity index (χ1) is 14.8. The zero-order valence-electron chi connectivity index (χ0n) is 18.1.